The Hall–Kier alpha value is -2.08. The number of carboxylic acid groups (broad SMARTS) is 1. The van der Waals surface area contributed by atoms with Crippen molar-refractivity contribution in [2.45, 2.75) is 32.7 Å². The van der Waals surface area contributed by atoms with Gasteiger partial charge in [0.1, 0.15) is 0 Å². The lowest BCUT2D eigenvalue weighted by atomic mass is 10.1. The molecule has 0 radical (unpaired) electrons. The zero-order valence-electron chi connectivity index (χ0n) is 13.4. The summed E-state index contributed by atoms with van der Waals surface area (Å²) in [5.74, 6) is -2.88. The molecule has 1 aromatic carbocycles. The van der Waals surface area contributed by atoms with Crippen LogP contribution in [0.3, 0.4) is 0 Å². The van der Waals surface area contributed by atoms with Gasteiger partial charge in [0.15, 0.2) is 0 Å². The maximum absolute atomic E-state index is 12.4. The number of benzene rings is 1. The summed E-state index contributed by atoms with van der Waals surface area (Å²) in [7, 11) is 0. The van der Waals surface area contributed by atoms with Gasteiger partial charge in [-0.3, -0.25) is 14.4 Å². The number of hydrogen-bond donors (Lipinski definition) is 3. The Labute approximate surface area is 144 Å². The minimum absolute atomic E-state index is 0.204. The van der Waals surface area contributed by atoms with E-state index in [0.717, 1.165) is 12.8 Å². The van der Waals surface area contributed by atoms with Crippen LogP contribution in [-0.4, -0.2) is 28.9 Å². The molecule has 2 amide bonds. The van der Waals surface area contributed by atoms with E-state index in [1.54, 1.807) is 26.0 Å². The molecule has 7 heteroatoms. The fraction of sp³-hybridized carbons (Fsp3) is 0.471. The third-order valence-corrected chi connectivity index (χ3v) is 5.10. The molecule has 2 fully saturated rings. The Morgan fingerprint density at radius 2 is 1.88 bits per heavy atom. The van der Waals surface area contributed by atoms with Gasteiger partial charge in [0.05, 0.1) is 22.4 Å². The molecule has 128 valence electrons. The second-order valence-electron chi connectivity index (χ2n) is 7.05. The molecular formula is C17H19ClN2O4. The summed E-state index contributed by atoms with van der Waals surface area (Å²) in [6.45, 7) is 3.51. The van der Waals surface area contributed by atoms with E-state index in [1.165, 1.54) is 6.07 Å². The number of anilines is 1. The monoisotopic (exact) mass is 350 g/mol. The van der Waals surface area contributed by atoms with Crippen LogP contribution in [-0.2, 0) is 9.59 Å². The summed E-state index contributed by atoms with van der Waals surface area (Å²) in [4.78, 5) is 35.7. The molecule has 1 aromatic rings. The molecular weight excluding hydrogens is 332 g/mol. The van der Waals surface area contributed by atoms with Crippen LogP contribution in [0.4, 0.5) is 5.69 Å². The predicted molar refractivity (Wildman–Crippen MR) is 89.0 cm³/mol. The SMILES string of the molecule is CC1(C)C(C(=O)O)C1C(=O)Nc1ccc(Cl)c(C(=O)NC2CC2)c1. The van der Waals surface area contributed by atoms with Gasteiger partial charge in [-0.25, -0.2) is 0 Å². The molecule has 0 spiro atoms. The lowest BCUT2D eigenvalue weighted by Crippen LogP contribution is -2.26. The standard InChI is InChI=1S/C17H19ClN2O4/c1-17(2)12(13(17)16(23)24)15(22)20-9-5-6-11(18)10(7-9)14(21)19-8-3-4-8/h5-8,12-13H,3-4H2,1-2H3,(H,19,21)(H,20,22)(H,23,24). The van der Waals surface area contributed by atoms with Crippen molar-refractivity contribution in [2.75, 3.05) is 5.32 Å². The number of amides is 2. The van der Waals surface area contributed by atoms with Gasteiger partial charge >= 0.3 is 5.97 Å². The zero-order valence-corrected chi connectivity index (χ0v) is 14.2. The van der Waals surface area contributed by atoms with Crippen molar-refractivity contribution in [1.29, 1.82) is 0 Å². The van der Waals surface area contributed by atoms with Crippen molar-refractivity contribution in [3.8, 4) is 0 Å². The molecule has 0 aromatic heterocycles. The number of carboxylic acids is 1. The average Bonchev–Trinajstić information content (AvgIpc) is 3.37. The number of rotatable bonds is 5. The maximum atomic E-state index is 12.4. The molecule has 3 N–H and O–H groups in total. The van der Waals surface area contributed by atoms with Gasteiger partial charge in [-0.15, -0.1) is 0 Å². The lowest BCUT2D eigenvalue weighted by Gasteiger charge is -2.10. The fourth-order valence-electron chi connectivity index (χ4n) is 3.08. The number of nitrogens with one attached hydrogen (secondary N) is 2. The first-order valence-electron chi connectivity index (χ1n) is 7.86. The topological polar surface area (TPSA) is 95.5 Å². The van der Waals surface area contributed by atoms with E-state index in [-0.39, 0.29) is 17.9 Å². The number of carbonyl (C=O) groups is 3. The van der Waals surface area contributed by atoms with Crippen LogP contribution < -0.4 is 10.6 Å². The second-order valence-corrected chi connectivity index (χ2v) is 7.45. The molecule has 24 heavy (non-hydrogen) atoms. The molecule has 0 bridgehead atoms. The highest BCUT2D eigenvalue weighted by Gasteiger charge is 2.65. The summed E-state index contributed by atoms with van der Waals surface area (Å²) in [6.07, 6.45) is 1.93. The van der Waals surface area contributed by atoms with Gasteiger partial charge in [0, 0.05) is 11.7 Å². The molecule has 2 aliphatic carbocycles. The first-order valence-corrected chi connectivity index (χ1v) is 8.23. The summed E-state index contributed by atoms with van der Waals surface area (Å²) >= 11 is 6.07. The van der Waals surface area contributed by atoms with E-state index in [0.29, 0.717) is 16.3 Å². The van der Waals surface area contributed by atoms with Gasteiger partial charge in [-0.2, -0.15) is 0 Å². The highest BCUT2D eigenvalue weighted by Crippen LogP contribution is 2.58. The Morgan fingerprint density at radius 1 is 1.21 bits per heavy atom. The third-order valence-electron chi connectivity index (χ3n) is 4.77. The fourth-order valence-corrected chi connectivity index (χ4v) is 3.28. The number of hydrogen-bond acceptors (Lipinski definition) is 3. The molecule has 0 heterocycles. The van der Waals surface area contributed by atoms with Crippen LogP contribution in [0.15, 0.2) is 18.2 Å². The lowest BCUT2D eigenvalue weighted by molar-refractivity contribution is -0.140. The van der Waals surface area contributed by atoms with Crippen molar-refractivity contribution in [2.24, 2.45) is 17.3 Å². The van der Waals surface area contributed by atoms with Crippen molar-refractivity contribution < 1.29 is 19.5 Å². The predicted octanol–water partition coefficient (Wildman–Crippen LogP) is 2.53. The van der Waals surface area contributed by atoms with E-state index in [9.17, 15) is 14.4 Å². The third kappa shape index (κ3) is 3.11. The molecule has 0 aliphatic heterocycles. The summed E-state index contributed by atoms with van der Waals surface area (Å²) in [5, 5.41) is 15.0. The second kappa shape index (κ2) is 5.77. The average molecular weight is 351 g/mol. The Bertz CT molecular complexity index is 727. The molecule has 6 nitrogen and oxygen atoms in total. The summed E-state index contributed by atoms with van der Waals surface area (Å²) < 4.78 is 0. The summed E-state index contributed by atoms with van der Waals surface area (Å²) in [5.41, 5.74) is 0.150. The van der Waals surface area contributed by atoms with Gasteiger partial charge in [0.25, 0.3) is 5.91 Å². The van der Waals surface area contributed by atoms with E-state index >= 15 is 0 Å². The van der Waals surface area contributed by atoms with E-state index in [4.69, 9.17) is 16.7 Å². The van der Waals surface area contributed by atoms with Crippen molar-refractivity contribution >= 4 is 35.1 Å². The minimum atomic E-state index is -0.972. The number of carbonyl (C=O) groups excluding carboxylic acids is 2. The van der Waals surface area contributed by atoms with E-state index < -0.39 is 23.2 Å². The number of halogens is 1. The Kier molecular flexibility index (Phi) is 4.03. The molecule has 2 atom stereocenters. The first kappa shape index (κ1) is 16.8. The largest absolute Gasteiger partial charge is 0.481 e. The quantitative estimate of drug-likeness (QED) is 0.760. The zero-order chi connectivity index (χ0) is 17.6. The first-order chi connectivity index (χ1) is 11.2. The minimum Gasteiger partial charge on any atom is -0.481 e. The molecule has 0 saturated heterocycles. The Morgan fingerprint density at radius 3 is 2.42 bits per heavy atom. The molecule has 3 rings (SSSR count). The van der Waals surface area contributed by atoms with E-state index in [2.05, 4.69) is 10.6 Å². The molecule has 2 saturated carbocycles. The molecule has 2 unspecified atom stereocenters. The van der Waals surface area contributed by atoms with Gasteiger partial charge in [-0.1, -0.05) is 25.4 Å². The van der Waals surface area contributed by atoms with Crippen LogP contribution in [0, 0.1) is 17.3 Å². The smallest absolute Gasteiger partial charge is 0.307 e. The maximum Gasteiger partial charge on any atom is 0.307 e. The normalized spacial score (nSPS) is 24.1. The summed E-state index contributed by atoms with van der Waals surface area (Å²) in [6, 6.07) is 4.86. The van der Waals surface area contributed by atoms with Gasteiger partial charge < -0.3 is 15.7 Å². The van der Waals surface area contributed by atoms with Crippen molar-refractivity contribution in [3.05, 3.63) is 28.8 Å². The highest BCUT2D eigenvalue weighted by atomic mass is 35.5. The number of aliphatic carboxylic acids is 1. The van der Waals surface area contributed by atoms with Crippen LogP contribution in [0.25, 0.3) is 0 Å². The highest BCUT2D eigenvalue weighted by molar-refractivity contribution is 6.34. The van der Waals surface area contributed by atoms with Crippen LogP contribution in [0.5, 0.6) is 0 Å². The molecule has 2 aliphatic rings. The van der Waals surface area contributed by atoms with Crippen LogP contribution in [0.1, 0.15) is 37.0 Å². The van der Waals surface area contributed by atoms with Crippen LogP contribution in [0.2, 0.25) is 5.02 Å². The van der Waals surface area contributed by atoms with Gasteiger partial charge in [0.2, 0.25) is 5.91 Å². The van der Waals surface area contributed by atoms with E-state index in [1.807, 2.05) is 0 Å². The Balaban J connectivity index is 1.72. The van der Waals surface area contributed by atoms with Gasteiger partial charge in [-0.05, 0) is 36.5 Å². The van der Waals surface area contributed by atoms with Crippen LogP contribution >= 0.6 is 11.6 Å². The van der Waals surface area contributed by atoms with Crippen molar-refractivity contribution in [3.63, 3.8) is 0 Å². The van der Waals surface area contributed by atoms with Crippen molar-refractivity contribution in [1.82, 2.24) is 5.32 Å².